The average molecular weight is 313 g/mol. The van der Waals surface area contributed by atoms with Gasteiger partial charge in [0.25, 0.3) is 0 Å². The molecule has 0 saturated carbocycles. The van der Waals surface area contributed by atoms with E-state index >= 15 is 0 Å². The van der Waals surface area contributed by atoms with Gasteiger partial charge in [-0.1, -0.05) is 24.3 Å². The van der Waals surface area contributed by atoms with Crippen molar-refractivity contribution >= 4 is 21.5 Å². The van der Waals surface area contributed by atoms with E-state index in [2.05, 4.69) is 67.0 Å². The van der Waals surface area contributed by atoms with E-state index < -0.39 is 0 Å². The zero-order valence-electron chi connectivity index (χ0n) is 13.9. The Bertz CT molecular complexity index is 1160. The Hall–Kier alpha value is -2.94. The van der Waals surface area contributed by atoms with Gasteiger partial charge in [0.15, 0.2) is 11.9 Å². The third kappa shape index (κ3) is 1.56. The van der Waals surface area contributed by atoms with Crippen LogP contribution in [0.2, 0.25) is 0 Å². The van der Waals surface area contributed by atoms with Gasteiger partial charge < -0.3 is 4.74 Å². The van der Waals surface area contributed by atoms with Gasteiger partial charge in [0.2, 0.25) is 5.69 Å². The SMILES string of the molecule is Cc1c2c(c(C)c3ccccc13)-c1c3c(cncc3cc[n+]1C)O2. The standard InChI is InChI=1S/C21H17N2O/c1-12-15-6-4-5-7-16(15)13(2)21-18(12)20-19-14(8-9-23(20)3)10-22-11-17(19)24-21/h4-11H,1-3H3/q+1. The van der Waals surface area contributed by atoms with Crippen LogP contribution in [0.5, 0.6) is 11.5 Å². The number of nitrogens with zero attached hydrogens (tertiary/aromatic N) is 2. The van der Waals surface area contributed by atoms with Gasteiger partial charge in [-0.15, -0.1) is 0 Å². The summed E-state index contributed by atoms with van der Waals surface area (Å²) in [6.07, 6.45) is 5.82. The molecule has 1 aliphatic rings. The van der Waals surface area contributed by atoms with E-state index in [1.54, 1.807) is 0 Å². The Morgan fingerprint density at radius 3 is 2.50 bits per heavy atom. The van der Waals surface area contributed by atoms with Crippen molar-refractivity contribution < 1.29 is 9.30 Å². The summed E-state index contributed by atoms with van der Waals surface area (Å²) in [7, 11) is 2.10. The third-order valence-electron chi connectivity index (χ3n) is 5.13. The molecule has 2 aromatic carbocycles. The molecule has 24 heavy (non-hydrogen) atoms. The number of ether oxygens (including phenoxy) is 1. The molecule has 0 fully saturated rings. The highest BCUT2D eigenvalue weighted by molar-refractivity contribution is 6.06. The van der Waals surface area contributed by atoms with Gasteiger partial charge in [-0.05, 0) is 30.2 Å². The van der Waals surface area contributed by atoms with Crippen molar-refractivity contribution in [3.63, 3.8) is 0 Å². The van der Waals surface area contributed by atoms with E-state index in [9.17, 15) is 0 Å². The fourth-order valence-electron chi connectivity index (χ4n) is 3.93. The third-order valence-corrected chi connectivity index (χ3v) is 5.13. The van der Waals surface area contributed by atoms with Crippen LogP contribution in [-0.4, -0.2) is 4.98 Å². The Morgan fingerprint density at radius 2 is 1.71 bits per heavy atom. The van der Waals surface area contributed by atoms with Gasteiger partial charge in [-0.25, -0.2) is 4.57 Å². The lowest BCUT2D eigenvalue weighted by molar-refractivity contribution is -0.659. The largest absolute Gasteiger partial charge is 0.454 e. The number of hydrogen-bond acceptors (Lipinski definition) is 2. The molecule has 0 spiro atoms. The summed E-state index contributed by atoms with van der Waals surface area (Å²) in [5, 5.41) is 4.78. The van der Waals surface area contributed by atoms with Gasteiger partial charge in [-0.2, -0.15) is 0 Å². The summed E-state index contributed by atoms with van der Waals surface area (Å²) in [5.74, 6) is 1.79. The van der Waals surface area contributed by atoms with E-state index in [4.69, 9.17) is 4.74 Å². The molecule has 0 unspecified atom stereocenters. The van der Waals surface area contributed by atoms with Gasteiger partial charge in [-0.3, -0.25) is 4.98 Å². The first-order valence-electron chi connectivity index (χ1n) is 8.13. The number of fused-ring (bicyclic) bond motifs is 3. The van der Waals surface area contributed by atoms with Crippen LogP contribution >= 0.6 is 0 Å². The molecule has 2 aromatic heterocycles. The maximum absolute atomic E-state index is 6.35. The molecule has 0 N–H and O–H groups in total. The normalized spacial score (nSPS) is 12.3. The topological polar surface area (TPSA) is 26.0 Å². The van der Waals surface area contributed by atoms with Crippen molar-refractivity contribution in [2.24, 2.45) is 7.05 Å². The lowest BCUT2D eigenvalue weighted by Gasteiger charge is -2.23. The fourth-order valence-corrected chi connectivity index (χ4v) is 3.93. The molecule has 0 radical (unpaired) electrons. The Labute approximate surface area is 140 Å². The molecular formula is C21H17N2O+. The smallest absolute Gasteiger partial charge is 0.228 e. The summed E-state index contributed by atoms with van der Waals surface area (Å²) < 4.78 is 8.54. The Kier molecular flexibility index (Phi) is 2.55. The van der Waals surface area contributed by atoms with Gasteiger partial charge in [0.05, 0.1) is 11.8 Å². The molecule has 0 bridgehead atoms. The number of pyridine rings is 2. The first-order valence-corrected chi connectivity index (χ1v) is 8.13. The Balaban J connectivity index is 2.06. The quantitative estimate of drug-likeness (QED) is 0.390. The molecule has 5 rings (SSSR count). The van der Waals surface area contributed by atoms with Gasteiger partial charge in [0, 0.05) is 23.2 Å². The molecule has 3 heteroatoms. The fraction of sp³-hybridized carbons (Fsp3) is 0.143. The molecule has 1 aliphatic heterocycles. The molecule has 0 saturated heterocycles. The van der Waals surface area contributed by atoms with Crippen LogP contribution in [0.4, 0.5) is 0 Å². The minimum absolute atomic E-state index is 0.837. The van der Waals surface area contributed by atoms with Crippen molar-refractivity contribution in [2.75, 3.05) is 0 Å². The minimum atomic E-state index is 0.837. The highest BCUT2D eigenvalue weighted by Crippen LogP contribution is 2.49. The van der Waals surface area contributed by atoms with Crippen LogP contribution in [0.15, 0.2) is 48.9 Å². The van der Waals surface area contributed by atoms with Gasteiger partial charge >= 0.3 is 0 Å². The second-order valence-corrected chi connectivity index (χ2v) is 6.48. The van der Waals surface area contributed by atoms with Crippen molar-refractivity contribution in [3.8, 4) is 22.8 Å². The van der Waals surface area contributed by atoms with Crippen LogP contribution in [0.25, 0.3) is 32.8 Å². The second kappa shape index (κ2) is 4.54. The molecule has 3 nitrogen and oxygen atoms in total. The number of benzene rings is 2. The van der Waals surface area contributed by atoms with E-state index in [0.29, 0.717) is 0 Å². The Morgan fingerprint density at radius 1 is 0.958 bits per heavy atom. The number of aromatic nitrogens is 2. The van der Waals surface area contributed by atoms with Crippen LogP contribution in [0, 0.1) is 13.8 Å². The van der Waals surface area contributed by atoms with Gasteiger partial charge in [0.1, 0.15) is 18.2 Å². The first kappa shape index (κ1) is 13.5. The lowest BCUT2D eigenvalue weighted by atomic mass is 9.90. The van der Waals surface area contributed by atoms with Crippen LogP contribution < -0.4 is 9.30 Å². The minimum Gasteiger partial charge on any atom is -0.454 e. The van der Waals surface area contributed by atoms with E-state index in [1.165, 1.54) is 33.2 Å². The van der Waals surface area contributed by atoms with Crippen molar-refractivity contribution in [1.29, 1.82) is 0 Å². The second-order valence-electron chi connectivity index (χ2n) is 6.48. The predicted molar refractivity (Wildman–Crippen MR) is 95.4 cm³/mol. The van der Waals surface area contributed by atoms with Crippen LogP contribution in [0.1, 0.15) is 11.1 Å². The van der Waals surface area contributed by atoms with Crippen LogP contribution in [0.3, 0.4) is 0 Å². The predicted octanol–water partition coefficient (Wildman–Crippen LogP) is 4.60. The van der Waals surface area contributed by atoms with E-state index in [0.717, 1.165) is 22.3 Å². The maximum atomic E-state index is 6.35. The first-order chi connectivity index (χ1) is 11.7. The van der Waals surface area contributed by atoms with E-state index in [-0.39, 0.29) is 0 Å². The van der Waals surface area contributed by atoms with Crippen LogP contribution in [-0.2, 0) is 7.05 Å². The number of aryl methyl sites for hydroxylation is 3. The molecular weight excluding hydrogens is 296 g/mol. The summed E-state index contributed by atoms with van der Waals surface area (Å²) in [4.78, 5) is 4.34. The highest BCUT2D eigenvalue weighted by Gasteiger charge is 2.31. The maximum Gasteiger partial charge on any atom is 0.228 e. The molecule has 3 heterocycles. The zero-order chi connectivity index (χ0) is 16.4. The molecule has 116 valence electrons. The van der Waals surface area contributed by atoms with Crippen molar-refractivity contribution in [1.82, 2.24) is 4.98 Å². The van der Waals surface area contributed by atoms with Crippen molar-refractivity contribution in [2.45, 2.75) is 13.8 Å². The number of hydrogen-bond donors (Lipinski definition) is 0. The summed E-state index contributed by atoms with van der Waals surface area (Å²) in [6.45, 7) is 4.33. The zero-order valence-corrected chi connectivity index (χ0v) is 13.9. The van der Waals surface area contributed by atoms with Crippen molar-refractivity contribution in [3.05, 3.63) is 60.0 Å². The summed E-state index contributed by atoms with van der Waals surface area (Å²) in [6, 6.07) is 10.6. The summed E-state index contributed by atoms with van der Waals surface area (Å²) >= 11 is 0. The molecule has 0 atom stereocenters. The average Bonchev–Trinajstić information content (AvgIpc) is 2.62. The lowest BCUT2D eigenvalue weighted by Crippen LogP contribution is -2.32. The molecule has 0 amide bonds. The monoisotopic (exact) mass is 313 g/mol. The summed E-state index contributed by atoms with van der Waals surface area (Å²) in [5.41, 5.74) is 4.84. The molecule has 4 aromatic rings. The highest BCUT2D eigenvalue weighted by atomic mass is 16.5. The van der Waals surface area contributed by atoms with E-state index in [1.807, 2.05) is 12.4 Å². The molecule has 0 aliphatic carbocycles. The number of rotatable bonds is 0.